The summed E-state index contributed by atoms with van der Waals surface area (Å²) < 4.78 is 0. The fourth-order valence-corrected chi connectivity index (χ4v) is 8.06. The summed E-state index contributed by atoms with van der Waals surface area (Å²) in [7, 11) is 0. The molecular formula is C27H28N2. The molecule has 0 unspecified atom stereocenters. The topological polar surface area (TPSA) is 31.6 Å². The maximum Gasteiger partial charge on any atom is 0.0459 e. The summed E-state index contributed by atoms with van der Waals surface area (Å²) in [5.41, 5.74) is 7.98. The maximum absolute atomic E-state index is 3.91. The van der Waals surface area contributed by atoms with Crippen molar-refractivity contribution in [2.75, 3.05) is 0 Å². The first kappa shape index (κ1) is 16.3. The van der Waals surface area contributed by atoms with Gasteiger partial charge in [0.1, 0.15) is 0 Å². The monoisotopic (exact) mass is 380 g/mol. The number of H-pyrrole nitrogens is 2. The zero-order valence-electron chi connectivity index (χ0n) is 17.4. The van der Waals surface area contributed by atoms with Crippen LogP contribution in [0.3, 0.4) is 0 Å². The molecule has 0 saturated heterocycles. The maximum atomic E-state index is 3.91. The van der Waals surface area contributed by atoms with Crippen molar-refractivity contribution >= 4 is 21.8 Å². The number of aromatic amines is 2. The van der Waals surface area contributed by atoms with E-state index in [2.05, 4.69) is 85.5 Å². The Hall–Kier alpha value is -2.48. The van der Waals surface area contributed by atoms with Gasteiger partial charge in [0.2, 0.25) is 0 Å². The highest BCUT2D eigenvalue weighted by Crippen LogP contribution is 2.79. The van der Waals surface area contributed by atoms with Gasteiger partial charge in [-0.05, 0) is 64.7 Å². The van der Waals surface area contributed by atoms with Gasteiger partial charge in [0, 0.05) is 39.6 Å². The predicted molar refractivity (Wildman–Crippen MR) is 119 cm³/mol. The summed E-state index contributed by atoms with van der Waals surface area (Å²) in [4.78, 5) is 7.48. The van der Waals surface area contributed by atoms with E-state index in [4.69, 9.17) is 0 Å². The molecule has 3 aliphatic rings. The number of nitrogens with one attached hydrogen (secondary N) is 2. The minimum atomic E-state index is 0.381. The van der Waals surface area contributed by atoms with E-state index < -0.39 is 0 Å². The Morgan fingerprint density at radius 1 is 0.897 bits per heavy atom. The van der Waals surface area contributed by atoms with Gasteiger partial charge in [-0.3, -0.25) is 0 Å². The lowest BCUT2D eigenvalue weighted by atomic mass is 9.62. The van der Waals surface area contributed by atoms with Crippen molar-refractivity contribution in [2.24, 2.45) is 22.7 Å². The summed E-state index contributed by atoms with van der Waals surface area (Å²) in [5, 5.41) is 2.86. The van der Waals surface area contributed by atoms with E-state index in [1.54, 1.807) is 5.56 Å². The smallest absolute Gasteiger partial charge is 0.0459 e. The number of hydrogen-bond donors (Lipinski definition) is 2. The average molecular weight is 381 g/mol. The molecule has 5 atom stereocenters. The molecule has 7 rings (SSSR count). The van der Waals surface area contributed by atoms with Crippen molar-refractivity contribution in [3.05, 3.63) is 71.5 Å². The molecule has 2 saturated carbocycles. The van der Waals surface area contributed by atoms with Crippen molar-refractivity contribution < 1.29 is 0 Å². The van der Waals surface area contributed by atoms with Crippen LogP contribution in [0.2, 0.25) is 0 Å². The van der Waals surface area contributed by atoms with E-state index in [9.17, 15) is 0 Å². The lowest BCUT2D eigenvalue weighted by Crippen LogP contribution is -2.35. The van der Waals surface area contributed by atoms with Gasteiger partial charge in [-0.15, -0.1) is 0 Å². The average Bonchev–Trinajstić information content (AvgIpc) is 3.45. The highest BCUT2D eigenvalue weighted by atomic mass is 14.8. The normalized spacial score (nSPS) is 34.2. The molecule has 2 nitrogen and oxygen atoms in total. The summed E-state index contributed by atoms with van der Waals surface area (Å²) in [6, 6.07) is 17.8. The first-order valence-corrected chi connectivity index (χ1v) is 11.2. The van der Waals surface area contributed by atoms with Crippen LogP contribution in [0.4, 0.5) is 0 Å². The lowest BCUT2D eigenvalue weighted by molar-refractivity contribution is 0.0943. The summed E-state index contributed by atoms with van der Waals surface area (Å²) >= 11 is 0. The van der Waals surface area contributed by atoms with Crippen LogP contribution >= 0.6 is 0 Å². The van der Waals surface area contributed by atoms with E-state index >= 15 is 0 Å². The van der Waals surface area contributed by atoms with Crippen molar-refractivity contribution in [3.8, 4) is 0 Å². The molecule has 4 aromatic rings. The summed E-state index contributed by atoms with van der Waals surface area (Å²) in [6.45, 7) is 7.72. The van der Waals surface area contributed by atoms with Crippen molar-refractivity contribution in [2.45, 2.75) is 45.4 Å². The highest BCUT2D eigenvalue weighted by Gasteiger charge is 2.70. The SMILES string of the molecule is CC1(C)[C@@H]2CC[C@@]1(C)[C@H]1[C@H](c3c[nH]c4ccccc34)c3[nH]c4ccccc4c3[C@H]12. The van der Waals surface area contributed by atoms with Gasteiger partial charge in [0.15, 0.2) is 0 Å². The molecule has 2 N–H and O–H groups in total. The molecule has 0 spiro atoms. The molecule has 0 amide bonds. The predicted octanol–water partition coefficient (Wildman–Crippen LogP) is 6.95. The highest BCUT2D eigenvalue weighted by molar-refractivity contribution is 5.89. The third-order valence-electron chi connectivity index (χ3n) is 9.67. The third-order valence-corrected chi connectivity index (χ3v) is 9.67. The molecule has 2 aromatic carbocycles. The molecular weight excluding hydrogens is 352 g/mol. The molecule has 2 fully saturated rings. The summed E-state index contributed by atoms with van der Waals surface area (Å²) in [6.07, 6.45) is 5.05. The zero-order chi connectivity index (χ0) is 19.5. The van der Waals surface area contributed by atoms with Gasteiger partial charge < -0.3 is 9.97 Å². The van der Waals surface area contributed by atoms with Crippen molar-refractivity contribution in [3.63, 3.8) is 0 Å². The second-order valence-electron chi connectivity index (χ2n) is 10.6. The summed E-state index contributed by atoms with van der Waals surface area (Å²) in [5.74, 6) is 2.59. The number of benzene rings is 2. The van der Waals surface area contributed by atoms with Crippen LogP contribution in [0.15, 0.2) is 54.7 Å². The Morgan fingerprint density at radius 3 is 2.45 bits per heavy atom. The molecule has 29 heavy (non-hydrogen) atoms. The van der Waals surface area contributed by atoms with Gasteiger partial charge >= 0.3 is 0 Å². The first-order chi connectivity index (χ1) is 14.0. The standard InChI is InChI=1S/C27H28N2/c1-26(2)18-12-13-27(26,3)24-22(17-14-28-19-10-6-4-8-15(17)19)25-21(23(18)24)16-9-5-7-11-20(16)29-25/h4-11,14,18,22-24,28-29H,12-13H2,1-3H3/t18-,22+,23-,24+,27+/m1/s1. The van der Waals surface area contributed by atoms with E-state index in [1.807, 2.05) is 0 Å². The Labute approximate surface area is 171 Å². The largest absolute Gasteiger partial charge is 0.361 e. The number of hydrogen-bond acceptors (Lipinski definition) is 0. The van der Waals surface area contributed by atoms with Gasteiger partial charge in [0.25, 0.3) is 0 Å². The van der Waals surface area contributed by atoms with Gasteiger partial charge in [-0.1, -0.05) is 57.2 Å². The zero-order valence-corrected chi connectivity index (χ0v) is 17.4. The van der Waals surface area contributed by atoms with Crippen LogP contribution in [0, 0.1) is 22.7 Å². The van der Waals surface area contributed by atoms with E-state index in [0.29, 0.717) is 28.6 Å². The number of rotatable bonds is 1. The molecule has 146 valence electrons. The first-order valence-electron chi connectivity index (χ1n) is 11.2. The molecule has 2 aromatic heterocycles. The second kappa shape index (κ2) is 4.98. The molecule has 0 radical (unpaired) electrons. The van der Waals surface area contributed by atoms with Gasteiger partial charge in [-0.2, -0.15) is 0 Å². The molecule has 3 aliphatic carbocycles. The van der Waals surface area contributed by atoms with Crippen molar-refractivity contribution in [1.82, 2.24) is 9.97 Å². The Bertz CT molecular complexity index is 1290. The van der Waals surface area contributed by atoms with Gasteiger partial charge in [0.05, 0.1) is 0 Å². The fraction of sp³-hybridized carbons (Fsp3) is 0.407. The van der Waals surface area contributed by atoms with Crippen LogP contribution in [0.5, 0.6) is 0 Å². The van der Waals surface area contributed by atoms with E-state index in [1.165, 1.54) is 45.9 Å². The minimum Gasteiger partial charge on any atom is -0.361 e. The molecule has 2 bridgehead atoms. The van der Waals surface area contributed by atoms with Crippen LogP contribution in [-0.2, 0) is 0 Å². The Morgan fingerprint density at radius 2 is 1.62 bits per heavy atom. The number of fused-ring (bicyclic) bond motifs is 10. The quantitative estimate of drug-likeness (QED) is 0.358. The fourth-order valence-electron chi connectivity index (χ4n) is 8.06. The van der Waals surface area contributed by atoms with Gasteiger partial charge in [-0.25, -0.2) is 0 Å². The van der Waals surface area contributed by atoms with Crippen LogP contribution in [0.1, 0.15) is 62.3 Å². The molecule has 2 heteroatoms. The van der Waals surface area contributed by atoms with Crippen LogP contribution in [-0.4, -0.2) is 9.97 Å². The van der Waals surface area contributed by atoms with Crippen molar-refractivity contribution in [1.29, 1.82) is 0 Å². The number of aromatic nitrogens is 2. The Kier molecular flexibility index (Phi) is 2.80. The molecule has 0 aliphatic heterocycles. The molecule has 2 heterocycles. The van der Waals surface area contributed by atoms with Crippen LogP contribution < -0.4 is 0 Å². The second-order valence-corrected chi connectivity index (χ2v) is 10.6. The third kappa shape index (κ3) is 1.69. The minimum absolute atomic E-state index is 0.381. The lowest BCUT2D eigenvalue weighted by Gasteiger charge is -2.42. The Balaban J connectivity index is 1.56. The van der Waals surface area contributed by atoms with E-state index in [-0.39, 0.29) is 0 Å². The van der Waals surface area contributed by atoms with E-state index in [0.717, 1.165) is 5.92 Å². The number of para-hydroxylation sites is 2. The van der Waals surface area contributed by atoms with Crippen LogP contribution in [0.25, 0.3) is 21.8 Å².